The number of nitriles is 2. The van der Waals surface area contributed by atoms with E-state index >= 15 is 0 Å². The first kappa shape index (κ1) is 19.4. The summed E-state index contributed by atoms with van der Waals surface area (Å²) in [5, 5.41) is 18.5. The third-order valence-corrected chi connectivity index (χ3v) is 7.16. The standard InChI is InChI=1S/C24H24N4S/c1-4-8-19-21(29-23(27-19)17(14-25)15-26)13-16-9-7-12-24(2)18-10-5-6-11-20(18)28(3)22(16)24/h5-6,10-11,13H,4,7-9,12H2,1-3H3/b21-13+. The van der Waals surface area contributed by atoms with Gasteiger partial charge in [0, 0.05) is 23.8 Å². The predicted octanol–water partition coefficient (Wildman–Crippen LogP) is 3.92. The number of likely N-dealkylation sites (N-methyl/N-ethyl adjacent to an activating group) is 1. The molecule has 1 aliphatic carbocycles. The summed E-state index contributed by atoms with van der Waals surface area (Å²) in [4.78, 5) is 6.99. The van der Waals surface area contributed by atoms with Crippen molar-refractivity contribution in [3.63, 3.8) is 0 Å². The third kappa shape index (κ3) is 3.07. The number of anilines is 1. The minimum Gasteiger partial charge on any atom is -0.347 e. The molecule has 0 amide bonds. The molecule has 2 heterocycles. The second-order valence-electron chi connectivity index (χ2n) is 7.96. The molecule has 0 bridgehead atoms. The SMILES string of the molecule is CCCc1nc(=C(C#N)C#N)s/c1=C/C1=C2N(C)c3ccccc3C2(C)CCC1. The van der Waals surface area contributed by atoms with Crippen LogP contribution in [0.5, 0.6) is 0 Å². The van der Waals surface area contributed by atoms with Crippen LogP contribution >= 0.6 is 11.3 Å². The molecular weight excluding hydrogens is 376 g/mol. The number of thiazole rings is 1. The quantitative estimate of drug-likeness (QED) is 0.783. The Morgan fingerprint density at radius 1 is 1.31 bits per heavy atom. The lowest BCUT2D eigenvalue weighted by Gasteiger charge is -2.34. The Hall–Kier alpha value is -2.89. The number of nitrogens with zero attached hydrogens (tertiary/aromatic N) is 4. The highest BCUT2D eigenvalue weighted by Gasteiger charge is 2.44. The molecule has 0 spiro atoms. The molecule has 2 aromatic rings. The highest BCUT2D eigenvalue weighted by atomic mass is 32.1. The molecule has 146 valence electrons. The van der Waals surface area contributed by atoms with Crippen LogP contribution in [0.1, 0.15) is 50.8 Å². The molecule has 2 aliphatic rings. The Labute approximate surface area is 175 Å². The molecule has 0 fully saturated rings. The van der Waals surface area contributed by atoms with Gasteiger partial charge >= 0.3 is 0 Å². The van der Waals surface area contributed by atoms with E-state index < -0.39 is 0 Å². The summed E-state index contributed by atoms with van der Waals surface area (Å²) in [5.41, 5.74) is 6.56. The van der Waals surface area contributed by atoms with E-state index in [0.29, 0.717) is 4.66 Å². The lowest BCUT2D eigenvalue weighted by atomic mass is 9.72. The lowest BCUT2D eigenvalue weighted by Crippen LogP contribution is -2.30. The molecule has 1 aromatic heterocycles. The summed E-state index contributed by atoms with van der Waals surface area (Å²) in [6.45, 7) is 4.49. The zero-order valence-electron chi connectivity index (χ0n) is 17.1. The van der Waals surface area contributed by atoms with Crippen molar-refractivity contribution in [2.24, 2.45) is 0 Å². The van der Waals surface area contributed by atoms with E-state index in [2.05, 4.69) is 61.1 Å². The topological polar surface area (TPSA) is 63.7 Å². The van der Waals surface area contributed by atoms with Gasteiger partial charge in [-0.1, -0.05) is 31.5 Å². The normalized spacial score (nSPS) is 20.9. The number of rotatable bonds is 3. The molecule has 0 N–H and O–H groups in total. The summed E-state index contributed by atoms with van der Waals surface area (Å²) >= 11 is 1.47. The van der Waals surface area contributed by atoms with Gasteiger partial charge in [0.05, 0.1) is 10.2 Å². The predicted molar refractivity (Wildman–Crippen MR) is 118 cm³/mol. The zero-order chi connectivity index (χ0) is 20.6. The van der Waals surface area contributed by atoms with Gasteiger partial charge in [0.15, 0.2) is 5.57 Å². The van der Waals surface area contributed by atoms with Crippen LogP contribution < -0.4 is 14.1 Å². The Balaban J connectivity index is 1.95. The van der Waals surface area contributed by atoms with Gasteiger partial charge < -0.3 is 4.90 Å². The van der Waals surface area contributed by atoms with Crippen molar-refractivity contribution < 1.29 is 0 Å². The molecule has 29 heavy (non-hydrogen) atoms. The molecule has 4 rings (SSSR count). The number of benzene rings is 1. The van der Waals surface area contributed by atoms with E-state index in [1.54, 1.807) is 0 Å². The van der Waals surface area contributed by atoms with Crippen molar-refractivity contribution in [3.05, 3.63) is 56.0 Å². The minimum absolute atomic E-state index is 0.0322. The summed E-state index contributed by atoms with van der Waals surface area (Å²) in [5.74, 6) is 0. The van der Waals surface area contributed by atoms with Crippen LogP contribution in [0, 0.1) is 22.7 Å². The summed E-state index contributed by atoms with van der Waals surface area (Å²) in [6.07, 6.45) is 7.44. The highest BCUT2D eigenvalue weighted by molar-refractivity contribution is 7.07. The van der Waals surface area contributed by atoms with Gasteiger partial charge in [-0.25, -0.2) is 4.98 Å². The van der Waals surface area contributed by atoms with Gasteiger partial charge in [0.25, 0.3) is 0 Å². The molecule has 1 aromatic carbocycles. The fourth-order valence-corrected chi connectivity index (χ4v) is 5.87. The summed E-state index contributed by atoms with van der Waals surface area (Å²) in [6, 6.07) is 12.7. The van der Waals surface area contributed by atoms with Crippen molar-refractivity contribution in [3.8, 4) is 12.1 Å². The van der Waals surface area contributed by atoms with Crippen molar-refractivity contribution in [1.82, 2.24) is 4.98 Å². The fourth-order valence-electron chi connectivity index (χ4n) is 4.84. The smallest absolute Gasteiger partial charge is 0.165 e. The van der Waals surface area contributed by atoms with E-state index in [0.717, 1.165) is 42.3 Å². The first-order valence-electron chi connectivity index (χ1n) is 10.1. The van der Waals surface area contributed by atoms with E-state index in [4.69, 9.17) is 0 Å². The van der Waals surface area contributed by atoms with Crippen LogP contribution in [0.25, 0.3) is 11.6 Å². The molecule has 0 saturated heterocycles. The number of aryl methyl sites for hydroxylation is 1. The van der Waals surface area contributed by atoms with Gasteiger partial charge in [-0.05, 0) is 55.9 Å². The van der Waals surface area contributed by atoms with Crippen molar-refractivity contribution in [1.29, 1.82) is 10.5 Å². The number of allylic oxidation sites excluding steroid dienone is 2. The Morgan fingerprint density at radius 2 is 2.07 bits per heavy atom. The summed E-state index contributed by atoms with van der Waals surface area (Å²) in [7, 11) is 2.17. The maximum atomic E-state index is 9.25. The van der Waals surface area contributed by atoms with E-state index in [1.165, 1.54) is 33.9 Å². The van der Waals surface area contributed by atoms with Crippen LogP contribution in [0.3, 0.4) is 0 Å². The van der Waals surface area contributed by atoms with Gasteiger partial charge in [0.2, 0.25) is 0 Å². The Morgan fingerprint density at radius 3 is 2.79 bits per heavy atom. The number of para-hydroxylation sites is 1. The van der Waals surface area contributed by atoms with Crippen LogP contribution in [-0.4, -0.2) is 12.0 Å². The third-order valence-electron chi connectivity index (χ3n) is 6.10. The molecule has 4 nitrogen and oxygen atoms in total. The van der Waals surface area contributed by atoms with Gasteiger partial charge in [-0.15, -0.1) is 11.3 Å². The van der Waals surface area contributed by atoms with E-state index in [9.17, 15) is 10.5 Å². The highest BCUT2D eigenvalue weighted by Crippen LogP contribution is 2.53. The van der Waals surface area contributed by atoms with Crippen molar-refractivity contribution in [2.45, 2.75) is 51.4 Å². The molecular formula is C24H24N4S. The molecule has 0 radical (unpaired) electrons. The van der Waals surface area contributed by atoms with Crippen LogP contribution in [0.2, 0.25) is 0 Å². The van der Waals surface area contributed by atoms with E-state index in [1.807, 2.05) is 12.1 Å². The van der Waals surface area contributed by atoms with Crippen molar-refractivity contribution >= 4 is 28.7 Å². The fraction of sp³-hybridized carbons (Fsp3) is 0.375. The maximum Gasteiger partial charge on any atom is 0.165 e. The average molecular weight is 401 g/mol. The lowest BCUT2D eigenvalue weighted by molar-refractivity contribution is 0.469. The molecule has 1 atom stereocenters. The van der Waals surface area contributed by atoms with Crippen LogP contribution in [0.4, 0.5) is 5.69 Å². The number of hydrogen-bond donors (Lipinski definition) is 0. The number of hydrogen-bond acceptors (Lipinski definition) is 5. The molecule has 1 aliphatic heterocycles. The second kappa shape index (κ2) is 7.50. The monoisotopic (exact) mass is 400 g/mol. The van der Waals surface area contributed by atoms with Crippen LogP contribution in [0.15, 0.2) is 35.5 Å². The first-order valence-corrected chi connectivity index (χ1v) is 10.9. The Kier molecular flexibility index (Phi) is 5.03. The first-order chi connectivity index (χ1) is 14.0. The Bertz CT molecular complexity index is 1190. The molecule has 5 heteroatoms. The van der Waals surface area contributed by atoms with Crippen LogP contribution in [-0.2, 0) is 11.8 Å². The minimum atomic E-state index is 0.0322. The number of aromatic nitrogens is 1. The molecule has 1 unspecified atom stereocenters. The van der Waals surface area contributed by atoms with E-state index in [-0.39, 0.29) is 11.0 Å². The van der Waals surface area contributed by atoms with Crippen molar-refractivity contribution in [2.75, 3.05) is 11.9 Å². The zero-order valence-corrected chi connectivity index (χ0v) is 17.9. The average Bonchev–Trinajstić information content (AvgIpc) is 3.21. The summed E-state index contributed by atoms with van der Waals surface area (Å²) < 4.78 is 1.62. The maximum absolute atomic E-state index is 9.25. The molecule has 0 saturated carbocycles. The number of fused-ring (bicyclic) bond motifs is 3. The van der Waals surface area contributed by atoms with Gasteiger partial charge in [0.1, 0.15) is 16.8 Å². The second-order valence-corrected chi connectivity index (χ2v) is 8.99. The largest absolute Gasteiger partial charge is 0.347 e. The van der Waals surface area contributed by atoms with Gasteiger partial charge in [-0.3, -0.25) is 0 Å². The van der Waals surface area contributed by atoms with Gasteiger partial charge in [-0.2, -0.15) is 10.5 Å².